The Kier molecular flexibility index (Phi) is 3.17. The molecule has 0 saturated carbocycles. The zero-order valence-corrected chi connectivity index (χ0v) is 8.71. The molecule has 1 aliphatic heterocycles. The molecule has 3 N–H and O–H groups in total. The molecule has 6 nitrogen and oxygen atoms in total. The van der Waals surface area contributed by atoms with Crippen LogP contribution in [0.2, 0.25) is 0 Å². The molecule has 0 aromatic carbocycles. The van der Waals surface area contributed by atoms with Crippen molar-refractivity contribution in [3.8, 4) is 0 Å². The van der Waals surface area contributed by atoms with E-state index in [0.717, 1.165) is 13.1 Å². The molecule has 1 fully saturated rings. The van der Waals surface area contributed by atoms with E-state index >= 15 is 0 Å². The number of aliphatic hydroxyl groups excluding tert-OH is 1. The van der Waals surface area contributed by atoms with Gasteiger partial charge in [0, 0.05) is 6.54 Å². The predicted molar refractivity (Wildman–Crippen MR) is 56.1 cm³/mol. The minimum atomic E-state index is -0.421. The van der Waals surface area contributed by atoms with Crippen LogP contribution in [0.15, 0.2) is 6.20 Å². The van der Waals surface area contributed by atoms with Crippen LogP contribution in [0.1, 0.15) is 12.8 Å². The topological polar surface area (TPSA) is 80.2 Å². The minimum Gasteiger partial charge on any atom is -0.390 e. The van der Waals surface area contributed by atoms with E-state index in [-0.39, 0.29) is 0 Å². The number of aliphatic hydroxyl groups is 1. The Morgan fingerprint density at radius 2 is 2.13 bits per heavy atom. The summed E-state index contributed by atoms with van der Waals surface area (Å²) in [6.45, 7) is 3.28. The van der Waals surface area contributed by atoms with E-state index in [0.29, 0.717) is 18.9 Å². The normalized spacial score (nSPS) is 19.5. The third kappa shape index (κ3) is 2.90. The lowest BCUT2D eigenvalue weighted by atomic mass is 10.3. The number of β-amino-alcohol motifs (C(OH)–C–C–N with tert-alkyl or cyclic N) is 1. The molecule has 6 heteroatoms. The number of nitrogens with two attached hydrogens (primary N) is 1. The quantitative estimate of drug-likeness (QED) is 0.689. The van der Waals surface area contributed by atoms with Crippen molar-refractivity contribution in [1.29, 1.82) is 0 Å². The first-order valence-electron chi connectivity index (χ1n) is 5.30. The molecule has 0 radical (unpaired) electrons. The molecular formula is C9H17N5O. The van der Waals surface area contributed by atoms with Crippen LogP contribution in [0.4, 0.5) is 5.82 Å². The van der Waals surface area contributed by atoms with Gasteiger partial charge in [0.05, 0.1) is 18.8 Å². The van der Waals surface area contributed by atoms with Crippen molar-refractivity contribution >= 4 is 5.82 Å². The Morgan fingerprint density at radius 1 is 1.40 bits per heavy atom. The molecule has 1 aliphatic rings. The molecule has 0 bridgehead atoms. The van der Waals surface area contributed by atoms with Crippen LogP contribution in [0, 0.1) is 0 Å². The van der Waals surface area contributed by atoms with E-state index in [1.165, 1.54) is 23.8 Å². The standard InChI is InChI=1S/C9H17N5O/c10-9-5-11-14(12-9)7-8(15)6-13-3-1-2-4-13/h5,8,15H,1-4,6-7H2,(H2,10,12). The van der Waals surface area contributed by atoms with E-state index in [9.17, 15) is 5.11 Å². The van der Waals surface area contributed by atoms with Crippen molar-refractivity contribution in [2.45, 2.75) is 25.5 Å². The van der Waals surface area contributed by atoms with Crippen molar-refractivity contribution < 1.29 is 5.11 Å². The van der Waals surface area contributed by atoms with Gasteiger partial charge in [-0.15, -0.1) is 5.10 Å². The third-order valence-corrected chi connectivity index (χ3v) is 2.60. The van der Waals surface area contributed by atoms with Crippen LogP contribution in [-0.2, 0) is 6.54 Å². The molecule has 1 atom stereocenters. The highest BCUT2D eigenvalue weighted by atomic mass is 16.3. The molecule has 0 spiro atoms. The average Bonchev–Trinajstić information content (AvgIpc) is 2.77. The van der Waals surface area contributed by atoms with Gasteiger partial charge in [-0.1, -0.05) is 0 Å². The van der Waals surface area contributed by atoms with Crippen LogP contribution >= 0.6 is 0 Å². The van der Waals surface area contributed by atoms with Gasteiger partial charge in [-0.05, 0) is 25.9 Å². The van der Waals surface area contributed by atoms with E-state index in [4.69, 9.17) is 5.73 Å². The van der Waals surface area contributed by atoms with Crippen molar-refractivity contribution in [1.82, 2.24) is 19.9 Å². The zero-order valence-electron chi connectivity index (χ0n) is 8.71. The lowest BCUT2D eigenvalue weighted by Crippen LogP contribution is -2.33. The molecule has 0 amide bonds. The van der Waals surface area contributed by atoms with Gasteiger partial charge in [0.25, 0.3) is 0 Å². The summed E-state index contributed by atoms with van der Waals surface area (Å²) in [7, 11) is 0. The second-order valence-electron chi connectivity index (χ2n) is 3.99. The number of nitrogens with zero attached hydrogens (tertiary/aromatic N) is 4. The van der Waals surface area contributed by atoms with Crippen molar-refractivity contribution in [3.63, 3.8) is 0 Å². The molecule has 15 heavy (non-hydrogen) atoms. The summed E-state index contributed by atoms with van der Waals surface area (Å²) in [6.07, 6.45) is 3.54. The lowest BCUT2D eigenvalue weighted by molar-refractivity contribution is 0.101. The van der Waals surface area contributed by atoms with Crippen LogP contribution in [0.5, 0.6) is 0 Å². The van der Waals surface area contributed by atoms with Crippen LogP contribution in [0.3, 0.4) is 0 Å². The smallest absolute Gasteiger partial charge is 0.165 e. The molecule has 0 aliphatic carbocycles. The number of anilines is 1. The monoisotopic (exact) mass is 211 g/mol. The summed E-state index contributed by atoms with van der Waals surface area (Å²) >= 11 is 0. The first-order chi connectivity index (χ1) is 7.24. The van der Waals surface area contributed by atoms with Crippen LogP contribution in [0.25, 0.3) is 0 Å². The number of hydrogen-bond acceptors (Lipinski definition) is 5. The minimum absolute atomic E-state index is 0.392. The maximum absolute atomic E-state index is 9.79. The van der Waals surface area contributed by atoms with Gasteiger partial charge in [-0.3, -0.25) is 0 Å². The largest absolute Gasteiger partial charge is 0.390 e. The van der Waals surface area contributed by atoms with E-state index in [1.54, 1.807) is 0 Å². The molecule has 1 saturated heterocycles. The predicted octanol–water partition coefficient (Wildman–Crippen LogP) is -0.683. The highest BCUT2D eigenvalue weighted by Gasteiger charge is 2.16. The summed E-state index contributed by atoms with van der Waals surface area (Å²) in [5, 5.41) is 17.7. The highest BCUT2D eigenvalue weighted by Crippen LogP contribution is 2.08. The van der Waals surface area contributed by atoms with Crippen molar-refractivity contribution in [3.05, 3.63) is 6.20 Å². The molecule has 2 rings (SSSR count). The highest BCUT2D eigenvalue weighted by molar-refractivity contribution is 5.19. The van der Waals surface area contributed by atoms with Gasteiger partial charge < -0.3 is 15.7 Å². The Bertz CT molecular complexity index is 307. The molecule has 1 aromatic heterocycles. The fraction of sp³-hybridized carbons (Fsp3) is 0.778. The summed E-state index contributed by atoms with van der Waals surface area (Å²) in [6, 6.07) is 0. The zero-order chi connectivity index (χ0) is 10.7. The molecule has 1 unspecified atom stereocenters. The molecule has 84 valence electrons. The maximum atomic E-state index is 9.79. The summed E-state index contributed by atoms with van der Waals surface area (Å²) in [4.78, 5) is 3.70. The number of rotatable bonds is 4. The second-order valence-corrected chi connectivity index (χ2v) is 3.99. The first kappa shape index (κ1) is 10.4. The van der Waals surface area contributed by atoms with Crippen LogP contribution < -0.4 is 5.73 Å². The number of aromatic nitrogens is 3. The molecular weight excluding hydrogens is 194 g/mol. The van der Waals surface area contributed by atoms with E-state index in [2.05, 4.69) is 15.1 Å². The van der Waals surface area contributed by atoms with Gasteiger partial charge in [-0.2, -0.15) is 9.90 Å². The summed E-state index contributed by atoms with van der Waals surface area (Å²) in [5.41, 5.74) is 5.43. The number of likely N-dealkylation sites (tertiary alicyclic amines) is 1. The van der Waals surface area contributed by atoms with E-state index in [1.807, 2.05) is 0 Å². The van der Waals surface area contributed by atoms with Gasteiger partial charge in [0.15, 0.2) is 5.82 Å². The average molecular weight is 211 g/mol. The molecule has 1 aromatic rings. The van der Waals surface area contributed by atoms with Gasteiger partial charge in [-0.25, -0.2) is 0 Å². The van der Waals surface area contributed by atoms with Crippen LogP contribution in [-0.4, -0.2) is 50.7 Å². The second kappa shape index (κ2) is 4.59. The van der Waals surface area contributed by atoms with Gasteiger partial charge >= 0.3 is 0 Å². The summed E-state index contributed by atoms with van der Waals surface area (Å²) < 4.78 is 0. The maximum Gasteiger partial charge on any atom is 0.165 e. The van der Waals surface area contributed by atoms with E-state index < -0.39 is 6.10 Å². The Hall–Kier alpha value is -1.14. The fourth-order valence-corrected chi connectivity index (χ4v) is 1.91. The number of nitrogen functional groups attached to an aromatic ring is 1. The van der Waals surface area contributed by atoms with Gasteiger partial charge in [0.1, 0.15) is 0 Å². The molecule has 2 heterocycles. The lowest BCUT2D eigenvalue weighted by Gasteiger charge is -2.18. The third-order valence-electron chi connectivity index (χ3n) is 2.60. The SMILES string of the molecule is Nc1cnn(CC(O)CN2CCCC2)n1. The summed E-state index contributed by atoms with van der Waals surface area (Å²) in [5.74, 6) is 0.392. The van der Waals surface area contributed by atoms with Gasteiger partial charge in [0.2, 0.25) is 0 Å². The van der Waals surface area contributed by atoms with Crippen molar-refractivity contribution in [2.75, 3.05) is 25.4 Å². The Balaban J connectivity index is 1.78. The Morgan fingerprint density at radius 3 is 2.73 bits per heavy atom. The number of hydrogen-bond donors (Lipinski definition) is 2. The fourth-order valence-electron chi connectivity index (χ4n) is 1.91. The first-order valence-corrected chi connectivity index (χ1v) is 5.30. The van der Waals surface area contributed by atoms with Crippen molar-refractivity contribution in [2.24, 2.45) is 0 Å². The Labute approximate surface area is 88.7 Å².